The number of carbonyl (C=O) groups is 3. The third kappa shape index (κ3) is 5.75. The Bertz CT molecular complexity index is 928. The largest absolute Gasteiger partial charge is 0.505 e. The smallest absolute Gasteiger partial charge is 0.322 e. The maximum atomic E-state index is 11.7. The molecule has 138 valence electrons. The van der Waals surface area contributed by atoms with E-state index in [2.05, 4.69) is 22.1 Å². The number of nitrogens with zero attached hydrogens (tertiary/aromatic N) is 1. The fourth-order valence-corrected chi connectivity index (χ4v) is 1.91. The molecule has 1 aromatic carbocycles. The number of amides is 2. The van der Waals surface area contributed by atoms with Gasteiger partial charge in [-0.25, -0.2) is 4.98 Å². The lowest BCUT2D eigenvalue weighted by Gasteiger charge is -2.04. The molecule has 0 spiro atoms. The highest BCUT2D eigenvalue weighted by molar-refractivity contribution is 5.96. The average molecular weight is 369 g/mol. The number of pyridine rings is 1. The van der Waals surface area contributed by atoms with Gasteiger partial charge in [0.25, 0.3) is 5.91 Å². The monoisotopic (exact) mass is 369 g/mol. The van der Waals surface area contributed by atoms with E-state index in [0.29, 0.717) is 16.9 Å². The lowest BCUT2D eigenvalue weighted by atomic mass is 10.2. The van der Waals surface area contributed by atoms with Crippen molar-refractivity contribution in [2.75, 3.05) is 13.2 Å². The number of ether oxygens (including phenoxy) is 1. The number of benzene rings is 1. The van der Waals surface area contributed by atoms with E-state index in [1.165, 1.54) is 24.4 Å². The van der Waals surface area contributed by atoms with Gasteiger partial charge in [-0.3, -0.25) is 14.4 Å². The van der Waals surface area contributed by atoms with Gasteiger partial charge in [0.2, 0.25) is 5.91 Å². The minimum Gasteiger partial charge on any atom is -0.505 e. The Kier molecular flexibility index (Phi) is 6.33. The third-order valence-corrected chi connectivity index (χ3v) is 3.17. The second-order valence-corrected chi connectivity index (χ2v) is 5.15. The van der Waals surface area contributed by atoms with Gasteiger partial charge in [0.15, 0.2) is 5.69 Å². The van der Waals surface area contributed by atoms with Crippen molar-refractivity contribution in [1.82, 2.24) is 10.3 Å². The molecular formula is C18H15N3O6. The van der Waals surface area contributed by atoms with E-state index >= 15 is 0 Å². The van der Waals surface area contributed by atoms with Crippen molar-refractivity contribution in [3.05, 3.63) is 53.3 Å². The summed E-state index contributed by atoms with van der Waals surface area (Å²) in [5, 5.41) is 20.4. The number of carboxylic acids is 1. The molecule has 0 unspecified atom stereocenters. The Balaban J connectivity index is 1.94. The van der Waals surface area contributed by atoms with Gasteiger partial charge in [0.1, 0.15) is 24.7 Å². The summed E-state index contributed by atoms with van der Waals surface area (Å²) in [7, 11) is 0. The summed E-state index contributed by atoms with van der Waals surface area (Å²) in [6.07, 6.45) is 1.27. The topological polar surface area (TPSA) is 152 Å². The molecular weight excluding hydrogens is 354 g/mol. The van der Waals surface area contributed by atoms with Gasteiger partial charge in [0.05, 0.1) is 0 Å². The fraction of sp³-hybridized carbons (Fsp3) is 0.111. The highest BCUT2D eigenvalue weighted by atomic mass is 16.5. The van der Waals surface area contributed by atoms with Crippen LogP contribution in [0.2, 0.25) is 0 Å². The second-order valence-electron chi connectivity index (χ2n) is 5.15. The molecule has 2 amide bonds. The average Bonchev–Trinajstić information content (AvgIpc) is 2.63. The molecule has 5 N–H and O–H groups in total. The standard InChI is InChI=1S/C18H15N3O6/c19-17(25)12-3-5-13(6-4-12)27-7-1-2-11-8-14(22)16(20-9-11)18(26)21-10-15(23)24/h3-6,8-9,22H,7,10H2,(H2,19,25)(H,21,26)(H,23,24). The molecule has 1 heterocycles. The van der Waals surface area contributed by atoms with Crippen LogP contribution in [0.3, 0.4) is 0 Å². The van der Waals surface area contributed by atoms with Gasteiger partial charge in [-0.15, -0.1) is 0 Å². The van der Waals surface area contributed by atoms with Crippen molar-refractivity contribution in [2.45, 2.75) is 0 Å². The number of aromatic hydroxyl groups is 1. The number of nitrogens with one attached hydrogen (secondary N) is 1. The molecule has 0 saturated heterocycles. The number of primary amides is 1. The second kappa shape index (κ2) is 8.87. The Hall–Kier alpha value is -4.06. The molecule has 2 rings (SSSR count). The van der Waals surface area contributed by atoms with E-state index in [-0.39, 0.29) is 12.3 Å². The fourth-order valence-electron chi connectivity index (χ4n) is 1.91. The van der Waals surface area contributed by atoms with Gasteiger partial charge in [0, 0.05) is 17.3 Å². The van der Waals surface area contributed by atoms with Crippen molar-refractivity contribution >= 4 is 17.8 Å². The van der Waals surface area contributed by atoms with Crippen molar-refractivity contribution in [3.63, 3.8) is 0 Å². The molecule has 0 bridgehead atoms. The quantitative estimate of drug-likeness (QED) is 0.528. The number of hydrogen-bond donors (Lipinski definition) is 4. The molecule has 0 aliphatic carbocycles. The number of carbonyl (C=O) groups excluding carboxylic acids is 2. The SMILES string of the molecule is NC(=O)c1ccc(OCC#Cc2cnc(C(=O)NCC(=O)O)c(O)c2)cc1. The van der Waals surface area contributed by atoms with Crippen molar-refractivity contribution in [1.29, 1.82) is 0 Å². The van der Waals surface area contributed by atoms with Gasteiger partial charge >= 0.3 is 5.97 Å². The summed E-state index contributed by atoms with van der Waals surface area (Å²) >= 11 is 0. The zero-order valence-corrected chi connectivity index (χ0v) is 13.9. The minimum absolute atomic E-state index is 0.0392. The first-order chi connectivity index (χ1) is 12.9. The maximum Gasteiger partial charge on any atom is 0.322 e. The van der Waals surface area contributed by atoms with E-state index in [9.17, 15) is 19.5 Å². The van der Waals surface area contributed by atoms with Crippen LogP contribution in [-0.4, -0.2) is 46.1 Å². The van der Waals surface area contributed by atoms with Gasteiger partial charge < -0.3 is 26.0 Å². The number of hydrogen-bond acceptors (Lipinski definition) is 6. The number of carboxylic acid groups (broad SMARTS) is 1. The zero-order valence-electron chi connectivity index (χ0n) is 13.9. The summed E-state index contributed by atoms with van der Waals surface area (Å²) in [5.74, 6) is 2.94. The molecule has 0 aliphatic heterocycles. The predicted octanol–water partition coefficient (Wildman–Crippen LogP) is 0.131. The Morgan fingerprint density at radius 2 is 1.93 bits per heavy atom. The highest BCUT2D eigenvalue weighted by Crippen LogP contribution is 2.15. The molecule has 0 radical (unpaired) electrons. The molecule has 0 atom stereocenters. The Morgan fingerprint density at radius 3 is 2.52 bits per heavy atom. The molecule has 1 aromatic heterocycles. The number of nitrogens with two attached hydrogens (primary N) is 1. The Labute approximate surface area is 153 Å². The Morgan fingerprint density at radius 1 is 1.22 bits per heavy atom. The lowest BCUT2D eigenvalue weighted by Crippen LogP contribution is -2.29. The van der Waals surface area contributed by atoms with Crippen LogP contribution >= 0.6 is 0 Å². The van der Waals surface area contributed by atoms with E-state index < -0.39 is 30.1 Å². The predicted molar refractivity (Wildman–Crippen MR) is 93.2 cm³/mol. The normalized spacial score (nSPS) is 9.63. The maximum absolute atomic E-state index is 11.7. The molecule has 9 heteroatoms. The van der Waals surface area contributed by atoms with Gasteiger partial charge in [-0.1, -0.05) is 11.8 Å². The van der Waals surface area contributed by atoms with Gasteiger partial charge in [-0.05, 0) is 30.3 Å². The summed E-state index contributed by atoms with van der Waals surface area (Å²) in [6.45, 7) is -0.545. The summed E-state index contributed by atoms with van der Waals surface area (Å²) in [4.78, 5) is 36.9. The van der Waals surface area contributed by atoms with Crippen LogP contribution in [0.25, 0.3) is 0 Å². The van der Waals surface area contributed by atoms with Crippen LogP contribution < -0.4 is 15.8 Å². The first-order valence-electron chi connectivity index (χ1n) is 7.57. The molecule has 0 saturated carbocycles. The van der Waals surface area contributed by atoms with E-state index in [1.54, 1.807) is 12.1 Å². The minimum atomic E-state index is -1.21. The van der Waals surface area contributed by atoms with Crippen LogP contribution in [0.5, 0.6) is 11.5 Å². The highest BCUT2D eigenvalue weighted by Gasteiger charge is 2.13. The van der Waals surface area contributed by atoms with E-state index in [0.717, 1.165) is 0 Å². The molecule has 0 fully saturated rings. The van der Waals surface area contributed by atoms with Crippen LogP contribution in [0.15, 0.2) is 36.5 Å². The van der Waals surface area contributed by atoms with Crippen LogP contribution in [0.1, 0.15) is 26.4 Å². The first kappa shape index (κ1) is 19.3. The van der Waals surface area contributed by atoms with E-state index in [4.69, 9.17) is 15.6 Å². The molecule has 0 aliphatic rings. The summed E-state index contributed by atoms with van der Waals surface area (Å²) in [5.41, 5.74) is 5.55. The number of aliphatic carboxylic acids is 1. The van der Waals surface area contributed by atoms with Crippen molar-refractivity contribution < 1.29 is 29.3 Å². The molecule has 2 aromatic rings. The molecule has 9 nitrogen and oxygen atoms in total. The summed E-state index contributed by atoms with van der Waals surface area (Å²) in [6, 6.07) is 7.46. The first-order valence-corrected chi connectivity index (χ1v) is 7.57. The third-order valence-electron chi connectivity index (χ3n) is 3.17. The summed E-state index contributed by atoms with van der Waals surface area (Å²) < 4.78 is 5.38. The molecule has 27 heavy (non-hydrogen) atoms. The number of aromatic nitrogens is 1. The van der Waals surface area contributed by atoms with Gasteiger partial charge in [-0.2, -0.15) is 0 Å². The lowest BCUT2D eigenvalue weighted by molar-refractivity contribution is -0.135. The van der Waals surface area contributed by atoms with Crippen LogP contribution in [0, 0.1) is 11.8 Å². The van der Waals surface area contributed by atoms with Crippen LogP contribution in [0.4, 0.5) is 0 Å². The van der Waals surface area contributed by atoms with Crippen LogP contribution in [-0.2, 0) is 4.79 Å². The zero-order chi connectivity index (χ0) is 19.8. The number of rotatable bonds is 6. The van der Waals surface area contributed by atoms with Crippen molar-refractivity contribution in [3.8, 4) is 23.3 Å². The van der Waals surface area contributed by atoms with Crippen molar-refractivity contribution in [2.24, 2.45) is 5.73 Å². The van der Waals surface area contributed by atoms with E-state index in [1.807, 2.05) is 0 Å².